The summed E-state index contributed by atoms with van der Waals surface area (Å²) in [6.45, 7) is 1.60. The van der Waals surface area contributed by atoms with Gasteiger partial charge < -0.3 is 4.57 Å². The van der Waals surface area contributed by atoms with Gasteiger partial charge in [-0.2, -0.15) is 0 Å². The van der Waals surface area contributed by atoms with E-state index in [1.165, 1.54) is 0 Å². The fourth-order valence-electron chi connectivity index (χ4n) is 1.85. The third kappa shape index (κ3) is 1.90. The summed E-state index contributed by atoms with van der Waals surface area (Å²) in [5.41, 5.74) is 2.15. The lowest BCUT2D eigenvalue weighted by molar-refractivity contribution is -0.116. The molecule has 2 nitrogen and oxygen atoms in total. The van der Waals surface area contributed by atoms with Gasteiger partial charge >= 0.3 is 0 Å². The highest BCUT2D eigenvalue weighted by Crippen LogP contribution is 2.24. The molecule has 2 rings (SSSR count). The summed E-state index contributed by atoms with van der Waals surface area (Å²) in [5.74, 6) is 0.169. The molecule has 78 valence electrons. The Morgan fingerprint density at radius 3 is 2.87 bits per heavy atom. The SMILES string of the molecule is CC(=O)Cc1cn(C)c2ccc(Cl)cc12. The van der Waals surface area contributed by atoms with Crippen LogP contribution in [0.2, 0.25) is 5.02 Å². The van der Waals surface area contributed by atoms with E-state index >= 15 is 0 Å². The van der Waals surface area contributed by atoms with E-state index in [0.717, 1.165) is 16.5 Å². The summed E-state index contributed by atoms with van der Waals surface area (Å²) in [6.07, 6.45) is 2.46. The van der Waals surface area contributed by atoms with Crippen LogP contribution in [0.5, 0.6) is 0 Å². The van der Waals surface area contributed by atoms with E-state index in [1.807, 2.05) is 36.0 Å². The van der Waals surface area contributed by atoms with Gasteiger partial charge in [0.05, 0.1) is 0 Å². The van der Waals surface area contributed by atoms with E-state index in [1.54, 1.807) is 6.92 Å². The highest BCUT2D eigenvalue weighted by molar-refractivity contribution is 6.31. The molecule has 0 radical (unpaired) electrons. The van der Waals surface area contributed by atoms with E-state index in [2.05, 4.69) is 0 Å². The first-order valence-corrected chi connectivity index (χ1v) is 5.18. The molecule has 3 heteroatoms. The Labute approximate surface area is 93.5 Å². The van der Waals surface area contributed by atoms with Crippen LogP contribution in [0.25, 0.3) is 10.9 Å². The highest BCUT2D eigenvalue weighted by Gasteiger charge is 2.08. The number of aryl methyl sites for hydroxylation is 1. The van der Waals surface area contributed by atoms with Crippen molar-refractivity contribution in [3.8, 4) is 0 Å². The third-order valence-corrected chi connectivity index (χ3v) is 2.71. The van der Waals surface area contributed by atoms with Crippen LogP contribution in [-0.2, 0) is 18.3 Å². The molecule has 15 heavy (non-hydrogen) atoms. The summed E-state index contributed by atoms with van der Waals surface area (Å²) >= 11 is 5.94. The van der Waals surface area contributed by atoms with Gasteiger partial charge in [-0.15, -0.1) is 0 Å². The molecule has 0 atom stereocenters. The second-order valence-electron chi connectivity index (χ2n) is 3.81. The lowest BCUT2D eigenvalue weighted by atomic mass is 10.1. The van der Waals surface area contributed by atoms with Crippen molar-refractivity contribution in [2.45, 2.75) is 13.3 Å². The van der Waals surface area contributed by atoms with Crippen LogP contribution >= 0.6 is 11.6 Å². The van der Waals surface area contributed by atoms with Gasteiger partial charge in [-0.25, -0.2) is 0 Å². The van der Waals surface area contributed by atoms with Crippen molar-refractivity contribution >= 4 is 28.3 Å². The first-order chi connectivity index (χ1) is 7.08. The standard InChI is InChI=1S/C12H12ClNO/c1-8(15)5-9-7-14(2)12-4-3-10(13)6-11(9)12/h3-4,6-7H,5H2,1-2H3. The van der Waals surface area contributed by atoms with Gasteiger partial charge in [0.25, 0.3) is 0 Å². The molecular formula is C12H12ClNO. The fourth-order valence-corrected chi connectivity index (χ4v) is 2.03. The van der Waals surface area contributed by atoms with Gasteiger partial charge in [0.1, 0.15) is 5.78 Å². The lowest BCUT2D eigenvalue weighted by Gasteiger charge is -1.96. The van der Waals surface area contributed by atoms with Crippen molar-refractivity contribution in [2.24, 2.45) is 7.05 Å². The summed E-state index contributed by atoms with van der Waals surface area (Å²) in [7, 11) is 1.97. The number of halogens is 1. The predicted molar refractivity (Wildman–Crippen MR) is 62.3 cm³/mol. The first kappa shape index (κ1) is 10.2. The summed E-state index contributed by atoms with van der Waals surface area (Å²) < 4.78 is 2.02. The molecule has 0 aliphatic rings. The minimum absolute atomic E-state index is 0.169. The molecule has 0 fully saturated rings. The van der Waals surface area contributed by atoms with Gasteiger partial charge in [0.2, 0.25) is 0 Å². The number of carbonyl (C=O) groups is 1. The zero-order valence-electron chi connectivity index (χ0n) is 8.75. The minimum atomic E-state index is 0.169. The second-order valence-corrected chi connectivity index (χ2v) is 4.24. The maximum Gasteiger partial charge on any atom is 0.134 e. The smallest absolute Gasteiger partial charge is 0.134 e. The van der Waals surface area contributed by atoms with E-state index in [4.69, 9.17) is 11.6 Å². The van der Waals surface area contributed by atoms with E-state index < -0.39 is 0 Å². The average molecular weight is 222 g/mol. The topological polar surface area (TPSA) is 22.0 Å². The van der Waals surface area contributed by atoms with Crippen molar-refractivity contribution in [3.63, 3.8) is 0 Å². The second kappa shape index (κ2) is 3.70. The van der Waals surface area contributed by atoms with Crippen molar-refractivity contribution in [1.29, 1.82) is 0 Å². The molecule has 0 spiro atoms. The number of rotatable bonds is 2. The van der Waals surface area contributed by atoms with Crippen LogP contribution in [0.4, 0.5) is 0 Å². The Hall–Kier alpha value is -1.28. The number of Topliss-reactive ketones (excluding diaryl/α,β-unsaturated/α-hetero) is 1. The maximum absolute atomic E-state index is 11.1. The molecule has 2 aromatic rings. The van der Waals surface area contributed by atoms with Crippen LogP contribution in [0, 0.1) is 0 Å². The largest absolute Gasteiger partial charge is 0.350 e. The van der Waals surface area contributed by atoms with Crippen LogP contribution in [0.3, 0.4) is 0 Å². The Balaban J connectivity index is 2.64. The lowest BCUT2D eigenvalue weighted by Crippen LogP contribution is -1.94. The number of hydrogen-bond acceptors (Lipinski definition) is 1. The number of ketones is 1. The normalized spacial score (nSPS) is 10.9. The molecule has 1 aromatic heterocycles. The molecule has 0 saturated heterocycles. The highest BCUT2D eigenvalue weighted by atomic mass is 35.5. The van der Waals surface area contributed by atoms with Gasteiger partial charge in [-0.1, -0.05) is 11.6 Å². The predicted octanol–water partition coefficient (Wildman–Crippen LogP) is 2.96. The number of hydrogen-bond donors (Lipinski definition) is 0. The third-order valence-electron chi connectivity index (χ3n) is 2.47. The van der Waals surface area contributed by atoms with Crippen LogP contribution in [-0.4, -0.2) is 10.4 Å². The molecule has 1 heterocycles. The monoisotopic (exact) mass is 221 g/mol. The van der Waals surface area contributed by atoms with Crippen LogP contribution in [0.1, 0.15) is 12.5 Å². The van der Waals surface area contributed by atoms with E-state index in [9.17, 15) is 4.79 Å². The first-order valence-electron chi connectivity index (χ1n) is 4.81. The molecular weight excluding hydrogens is 210 g/mol. The number of aromatic nitrogens is 1. The number of benzene rings is 1. The summed E-state index contributed by atoms with van der Waals surface area (Å²) in [4.78, 5) is 11.1. The van der Waals surface area contributed by atoms with Gasteiger partial charge in [0.15, 0.2) is 0 Å². The zero-order valence-corrected chi connectivity index (χ0v) is 9.51. The van der Waals surface area contributed by atoms with Crippen LogP contribution in [0.15, 0.2) is 24.4 Å². The molecule has 0 amide bonds. The van der Waals surface area contributed by atoms with Crippen LogP contribution < -0.4 is 0 Å². The molecule has 0 bridgehead atoms. The molecule has 0 unspecified atom stereocenters. The minimum Gasteiger partial charge on any atom is -0.350 e. The molecule has 1 aromatic carbocycles. The summed E-state index contributed by atoms with van der Waals surface area (Å²) in [6, 6.07) is 5.75. The van der Waals surface area contributed by atoms with Crippen molar-refractivity contribution < 1.29 is 4.79 Å². The Morgan fingerprint density at radius 1 is 1.47 bits per heavy atom. The quantitative estimate of drug-likeness (QED) is 0.764. The summed E-state index contributed by atoms with van der Waals surface area (Å²) in [5, 5.41) is 1.78. The molecule has 0 aliphatic heterocycles. The van der Waals surface area contributed by atoms with Crippen molar-refractivity contribution in [2.75, 3.05) is 0 Å². The van der Waals surface area contributed by atoms with Crippen molar-refractivity contribution in [1.82, 2.24) is 4.57 Å². The van der Waals surface area contributed by atoms with Gasteiger partial charge in [0, 0.05) is 35.6 Å². The molecule has 0 aliphatic carbocycles. The number of carbonyl (C=O) groups excluding carboxylic acids is 1. The van der Waals surface area contributed by atoms with Gasteiger partial charge in [-0.05, 0) is 30.7 Å². The molecule has 0 N–H and O–H groups in total. The fraction of sp³-hybridized carbons (Fsp3) is 0.250. The van der Waals surface area contributed by atoms with Crippen molar-refractivity contribution in [3.05, 3.63) is 35.0 Å². The zero-order chi connectivity index (χ0) is 11.0. The molecule has 0 saturated carbocycles. The number of nitrogens with zero attached hydrogens (tertiary/aromatic N) is 1. The maximum atomic E-state index is 11.1. The number of fused-ring (bicyclic) bond motifs is 1. The average Bonchev–Trinajstić information content (AvgIpc) is 2.42. The van der Waals surface area contributed by atoms with Gasteiger partial charge in [-0.3, -0.25) is 4.79 Å². The Bertz CT molecular complexity index is 528. The van der Waals surface area contributed by atoms with E-state index in [0.29, 0.717) is 11.4 Å². The Kier molecular flexibility index (Phi) is 2.53. The van der Waals surface area contributed by atoms with E-state index in [-0.39, 0.29) is 5.78 Å². The Morgan fingerprint density at radius 2 is 2.20 bits per heavy atom.